The van der Waals surface area contributed by atoms with Crippen LogP contribution in [-0.4, -0.2) is 0 Å². The van der Waals surface area contributed by atoms with E-state index in [0.717, 1.165) is 22.5 Å². The molecular weight excluding hydrogens is 703 g/mol. The summed E-state index contributed by atoms with van der Waals surface area (Å²) in [4.78, 5) is 2.51. The van der Waals surface area contributed by atoms with Crippen molar-refractivity contribution >= 4 is 39.0 Å². The van der Waals surface area contributed by atoms with E-state index in [4.69, 9.17) is 4.42 Å². The number of hydrogen-bond acceptors (Lipinski definition) is 2. The van der Waals surface area contributed by atoms with Gasteiger partial charge in [0, 0.05) is 38.5 Å². The lowest BCUT2D eigenvalue weighted by atomic mass is 9.79. The molecular formula is C56H53NO. The number of rotatable bonds is 4. The van der Waals surface area contributed by atoms with Crippen LogP contribution >= 0.6 is 0 Å². The third kappa shape index (κ3) is 5.37. The SMILES string of the molecule is CC(C)(C)c1cc(C(C)(C)C)c2oc3cc4c(cc3c2c1)C(C)(C)c1c-4cccc1N(c1ccc(-c2ccccc2)cc1)c1ccc2c(c1)C(C)(C)c1ccccc1-2. The third-order valence-electron chi connectivity index (χ3n) is 13.3. The van der Waals surface area contributed by atoms with Crippen LogP contribution in [0.3, 0.4) is 0 Å². The van der Waals surface area contributed by atoms with Crippen molar-refractivity contribution in [3.63, 3.8) is 0 Å². The Hall–Kier alpha value is -5.86. The first kappa shape index (κ1) is 36.5. The molecule has 0 bridgehead atoms. The molecule has 0 atom stereocenters. The van der Waals surface area contributed by atoms with Crippen molar-refractivity contribution in [3.05, 3.63) is 173 Å². The number of nitrogens with zero attached hydrogens (tertiary/aromatic N) is 1. The maximum absolute atomic E-state index is 6.93. The molecule has 1 heterocycles. The summed E-state index contributed by atoms with van der Waals surface area (Å²) in [6, 6.07) is 52.3. The van der Waals surface area contributed by atoms with Crippen molar-refractivity contribution < 1.29 is 4.42 Å². The first-order chi connectivity index (χ1) is 27.5. The minimum absolute atomic E-state index is 0.0111. The Bertz CT molecular complexity index is 2940. The Morgan fingerprint density at radius 1 is 0.466 bits per heavy atom. The Labute approximate surface area is 344 Å². The van der Waals surface area contributed by atoms with Gasteiger partial charge in [0.25, 0.3) is 0 Å². The van der Waals surface area contributed by atoms with Crippen LogP contribution in [0, 0.1) is 0 Å². The van der Waals surface area contributed by atoms with Crippen molar-refractivity contribution in [2.24, 2.45) is 0 Å². The molecule has 2 aliphatic carbocycles. The maximum atomic E-state index is 6.93. The first-order valence-electron chi connectivity index (χ1n) is 20.9. The molecule has 0 saturated heterocycles. The summed E-state index contributed by atoms with van der Waals surface area (Å²) in [5.74, 6) is 0. The van der Waals surface area contributed by atoms with Gasteiger partial charge in [0.2, 0.25) is 0 Å². The molecule has 58 heavy (non-hydrogen) atoms. The Morgan fingerprint density at radius 3 is 1.83 bits per heavy atom. The van der Waals surface area contributed by atoms with E-state index in [9.17, 15) is 0 Å². The molecule has 0 fully saturated rings. The second kappa shape index (κ2) is 12.3. The van der Waals surface area contributed by atoms with Crippen molar-refractivity contribution in [1.82, 2.24) is 0 Å². The average Bonchev–Trinajstić information content (AvgIpc) is 3.76. The lowest BCUT2D eigenvalue weighted by molar-refractivity contribution is 0.559. The lowest BCUT2D eigenvalue weighted by Crippen LogP contribution is -2.21. The van der Waals surface area contributed by atoms with Crippen LogP contribution in [0.1, 0.15) is 103 Å². The van der Waals surface area contributed by atoms with Crippen LogP contribution in [0.2, 0.25) is 0 Å². The molecule has 7 aromatic carbocycles. The van der Waals surface area contributed by atoms with Crippen LogP contribution in [0.4, 0.5) is 17.1 Å². The van der Waals surface area contributed by atoms with Gasteiger partial charge in [-0.05, 0) is 121 Å². The minimum atomic E-state index is -0.290. The fraction of sp³-hybridized carbons (Fsp3) is 0.250. The van der Waals surface area contributed by atoms with E-state index < -0.39 is 0 Å². The van der Waals surface area contributed by atoms with E-state index in [-0.39, 0.29) is 21.7 Å². The van der Waals surface area contributed by atoms with E-state index in [2.05, 4.69) is 214 Å². The topological polar surface area (TPSA) is 16.4 Å². The average molecular weight is 756 g/mol. The largest absolute Gasteiger partial charge is 0.456 e. The highest BCUT2D eigenvalue weighted by Gasteiger charge is 2.41. The second-order valence-corrected chi connectivity index (χ2v) is 19.9. The predicted octanol–water partition coefficient (Wildman–Crippen LogP) is 15.9. The van der Waals surface area contributed by atoms with Crippen LogP contribution in [0.5, 0.6) is 0 Å². The van der Waals surface area contributed by atoms with Crippen molar-refractivity contribution in [1.29, 1.82) is 0 Å². The molecule has 2 heteroatoms. The zero-order valence-corrected chi connectivity index (χ0v) is 35.6. The zero-order valence-electron chi connectivity index (χ0n) is 35.6. The van der Waals surface area contributed by atoms with E-state index in [1.165, 1.54) is 83.2 Å². The first-order valence-corrected chi connectivity index (χ1v) is 20.9. The molecule has 0 N–H and O–H groups in total. The second-order valence-electron chi connectivity index (χ2n) is 19.9. The predicted molar refractivity (Wildman–Crippen MR) is 246 cm³/mol. The van der Waals surface area contributed by atoms with E-state index in [1.54, 1.807) is 0 Å². The molecule has 0 spiro atoms. The zero-order chi connectivity index (χ0) is 40.5. The Balaban J connectivity index is 1.18. The van der Waals surface area contributed by atoms with Gasteiger partial charge in [0.15, 0.2) is 0 Å². The number of hydrogen-bond donors (Lipinski definition) is 0. The van der Waals surface area contributed by atoms with E-state index >= 15 is 0 Å². The van der Waals surface area contributed by atoms with Gasteiger partial charge in [0.05, 0.1) is 5.69 Å². The van der Waals surface area contributed by atoms with Crippen LogP contribution in [0.15, 0.2) is 144 Å². The summed E-state index contributed by atoms with van der Waals surface area (Å²) in [5.41, 5.74) is 20.7. The van der Waals surface area contributed by atoms with Gasteiger partial charge < -0.3 is 9.32 Å². The van der Waals surface area contributed by atoms with Crippen LogP contribution in [-0.2, 0) is 21.7 Å². The van der Waals surface area contributed by atoms with E-state index in [1.807, 2.05) is 0 Å². The molecule has 0 radical (unpaired) electrons. The van der Waals surface area contributed by atoms with Crippen LogP contribution in [0.25, 0.3) is 55.3 Å². The standard InChI is InChI=1S/C56H53NO/c1-53(2,3)36-29-44-43-32-47-42(33-50(43)58-52(44)48(30-36)54(4,5)6)41-20-16-22-49(51(41)56(47,9)10)57(37-25-23-35(24-26-37)34-17-12-11-13-18-34)38-27-28-40-39-19-14-15-21-45(39)55(7,8)46(40)31-38/h11-33H,1-10H3. The Kier molecular flexibility index (Phi) is 7.75. The quantitative estimate of drug-likeness (QED) is 0.178. The smallest absolute Gasteiger partial charge is 0.139 e. The number of furan rings is 1. The highest BCUT2D eigenvalue weighted by molar-refractivity contribution is 6.09. The van der Waals surface area contributed by atoms with Crippen LogP contribution < -0.4 is 4.90 Å². The van der Waals surface area contributed by atoms with Gasteiger partial charge in [-0.1, -0.05) is 160 Å². The Morgan fingerprint density at radius 2 is 1.10 bits per heavy atom. The summed E-state index contributed by atoms with van der Waals surface area (Å²) in [5, 5.41) is 2.41. The molecule has 0 amide bonds. The molecule has 2 aliphatic rings. The monoisotopic (exact) mass is 755 g/mol. The van der Waals surface area contributed by atoms with Gasteiger partial charge in [-0.3, -0.25) is 0 Å². The maximum Gasteiger partial charge on any atom is 0.139 e. The molecule has 288 valence electrons. The van der Waals surface area contributed by atoms with E-state index in [0.29, 0.717) is 0 Å². The molecule has 0 unspecified atom stereocenters. The number of benzene rings is 7. The fourth-order valence-corrected chi connectivity index (χ4v) is 10.1. The normalized spacial score (nSPS) is 15.0. The van der Waals surface area contributed by atoms with Crippen molar-refractivity contribution in [2.45, 2.75) is 90.9 Å². The van der Waals surface area contributed by atoms with Gasteiger partial charge in [-0.15, -0.1) is 0 Å². The van der Waals surface area contributed by atoms with Gasteiger partial charge in [-0.25, -0.2) is 0 Å². The summed E-state index contributed by atoms with van der Waals surface area (Å²) in [6.07, 6.45) is 0. The minimum Gasteiger partial charge on any atom is -0.456 e. The van der Waals surface area contributed by atoms with Crippen molar-refractivity contribution in [2.75, 3.05) is 4.90 Å². The van der Waals surface area contributed by atoms with Gasteiger partial charge in [0.1, 0.15) is 11.2 Å². The molecule has 0 saturated carbocycles. The molecule has 1 aromatic heterocycles. The third-order valence-corrected chi connectivity index (χ3v) is 13.3. The highest BCUT2D eigenvalue weighted by atomic mass is 16.3. The summed E-state index contributed by atoms with van der Waals surface area (Å²) in [7, 11) is 0. The fourth-order valence-electron chi connectivity index (χ4n) is 10.1. The van der Waals surface area contributed by atoms with Gasteiger partial charge in [-0.2, -0.15) is 0 Å². The molecule has 0 aliphatic heterocycles. The molecule has 10 rings (SSSR count). The van der Waals surface area contributed by atoms with Gasteiger partial charge >= 0.3 is 0 Å². The summed E-state index contributed by atoms with van der Waals surface area (Å²) in [6.45, 7) is 23.4. The summed E-state index contributed by atoms with van der Waals surface area (Å²) < 4.78 is 6.93. The molecule has 2 nitrogen and oxygen atoms in total. The lowest BCUT2D eigenvalue weighted by Gasteiger charge is -2.33. The number of fused-ring (bicyclic) bond motifs is 9. The summed E-state index contributed by atoms with van der Waals surface area (Å²) >= 11 is 0. The van der Waals surface area contributed by atoms with Crippen molar-refractivity contribution in [3.8, 4) is 33.4 Å². The molecule has 8 aromatic rings. The number of anilines is 3. The highest BCUT2D eigenvalue weighted by Crippen LogP contribution is 2.57.